The maximum absolute atomic E-state index is 9.51. The van der Waals surface area contributed by atoms with E-state index in [1.165, 1.54) is 0 Å². The molecular weight excluding hydrogens is 334 g/mol. The van der Waals surface area contributed by atoms with Crippen LogP contribution in [-0.2, 0) is 6.54 Å². The van der Waals surface area contributed by atoms with Gasteiger partial charge in [0.2, 0.25) is 5.95 Å². The van der Waals surface area contributed by atoms with E-state index in [2.05, 4.69) is 22.2 Å². The molecule has 0 fully saturated rings. The van der Waals surface area contributed by atoms with E-state index in [9.17, 15) is 5.11 Å². The van der Waals surface area contributed by atoms with Gasteiger partial charge in [0, 0.05) is 24.5 Å². The van der Waals surface area contributed by atoms with Crippen LogP contribution in [0.3, 0.4) is 0 Å². The van der Waals surface area contributed by atoms with Crippen molar-refractivity contribution in [1.29, 1.82) is 0 Å². The van der Waals surface area contributed by atoms with Gasteiger partial charge in [-0.3, -0.25) is 0 Å². The molecule has 0 aliphatic heterocycles. The van der Waals surface area contributed by atoms with Crippen molar-refractivity contribution in [2.75, 3.05) is 37.4 Å². The first-order chi connectivity index (χ1) is 12.7. The Labute approximate surface area is 151 Å². The number of nitrogens with two attached hydrogens (primary N) is 1. The zero-order chi connectivity index (χ0) is 18.5. The summed E-state index contributed by atoms with van der Waals surface area (Å²) in [5, 5.41) is 22.6. The van der Waals surface area contributed by atoms with Gasteiger partial charge in [-0.25, -0.2) is 9.97 Å². The quantitative estimate of drug-likeness (QED) is 0.430. The number of unbranched alkanes of at least 4 members (excludes halogenated alkanes) is 1. The predicted molar refractivity (Wildman–Crippen MR) is 103 cm³/mol. The van der Waals surface area contributed by atoms with Crippen LogP contribution in [0.2, 0.25) is 0 Å². The standard InChI is InChI=1S/C18H25N5O3/c1-2-3-6-20-18-22-15-16(23(18)7-8-24)13-5-4-12(26-10-9-25)11-14(13)21-17(15)19/h4-5,11,24-25H,2-3,6-10H2,1H3,(H2,19,21)(H,20,22). The highest BCUT2D eigenvalue weighted by molar-refractivity contribution is 6.07. The molecule has 8 heteroatoms. The Kier molecular flexibility index (Phi) is 5.75. The van der Waals surface area contributed by atoms with Crippen LogP contribution < -0.4 is 15.8 Å². The highest BCUT2D eigenvalue weighted by atomic mass is 16.5. The van der Waals surface area contributed by atoms with E-state index >= 15 is 0 Å². The largest absolute Gasteiger partial charge is 0.491 e. The molecule has 1 aromatic carbocycles. The van der Waals surface area contributed by atoms with Crippen LogP contribution in [0.4, 0.5) is 11.8 Å². The lowest BCUT2D eigenvalue weighted by molar-refractivity contribution is 0.201. The summed E-state index contributed by atoms with van der Waals surface area (Å²) in [4.78, 5) is 9.07. The minimum absolute atomic E-state index is 0.00463. The summed E-state index contributed by atoms with van der Waals surface area (Å²) in [5.41, 5.74) is 8.29. The zero-order valence-electron chi connectivity index (χ0n) is 14.9. The third-order valence-electron chi connectivity index (χ3n) is 4.17. The van der Waals surface area contributed by atoms with Gasteiger partial charge in [-0.15, -0.1) is 0 Å². The van der Waals surface area contributed by atoms with E-state index in [-0.39, 0.29) is 19.8 Å². The number of pyridine rings is 1. The summed E-state index contributed by atoms with van der Waals surface area (Å²) in [6.07, 6.45) is 2.11. The fraction of sp³-hybridized carbons (Fsp3) is 0.444. The first kappa shape index (κ1) is 18.2. The summed E-state index contributed by atoms with van der Waals surface area (Å²) < 4.78 is 7.40. The molecule has 0 saturated heterocycles. The Hall–Kier alpha value is -2.58. The van der Waals surface area contributed by atoms with Crippen LogP contribution in [0.15, 0.2) is 18.2 Å². The number of imidazole rings is 1. The smallest absolute Gasteiger partial charge is 0.204 e. The fourth-order valence-electron chi connectivity index (χ4n) is 2.97. The van der Waals surface area contributed by atoms with Gasteiger partial charge in [0.1, 0.15) is 17.9 Å². The highest BCUT2D eigenvalue weighted by Gasteiger charge is 2.17. The molecule has 8 nitrogen and oxygen atoms in total. The van der Waals surface area contributed by atoms with Crippen molar-refractivity contribution < 1.29 is 14.9 Å². The fourth-order valence-corrected chi connectivity index (χ4v) is 2.97. The molecule has 0 saturated carbocycles. The van der Waals surface area contributed by atoms with Crippen molar-refractivity contribution in [3.63, 3.8) is 0 Å². The van der Waals surface area contributed by atoms with Gasteiger partial charge >= 0.3 is 0 Å². The molecule has 0 aliphatic rings. The van der Waals surface area contributed by atoms with Crippen LogP contribution in [0.25, 0.3) is 21.9 Å². The van der Waals surface area contributed by atoms with Crippen molar-refractivity contribution >= 4 is 33.7 Å². The van der Waals surface area contributed by atoms with E-state index in [0.717, 1.165) is 30.3 Å². The van der Waals surface area contributed by atoms with E-state index in [1.807, 2.05) is 16.7 Å². The average Bonchev–Trinajstić information content (AvgIpc) is 3.00. The Balaban J connectivity index is 2.13. The second-order valence-electron chi connectivity index (χ2n) is 6.04. The number of hydrogen-bond acceptors (Lipinski definition) is 7. The van der Waals surface area contributed by atoms with E-state index < -0.39 is 0 Å². The molecule has 0 unspecified atom stereocenters. The first-order valence-corrected chi connectivity index (χ1v) is 8.87. The third kappa shape index (κ3) is 3.51. The lowest BCUT2D eigenvalue weighted by atomic mass is 10.1. The first-order valence-electron chi connectivity index (χ1n) is 8.87. The average molecular weight is 359 g/mol. The summed E-state index contributed by atoms with van der Waals surface area (Å²) in [7, 11) is 0. The number of aromatic nitrogens is 3. The number of ether oxygens (including phenoxy) is 1. The van der Waals surface area contributed by atoms with E-state index in [1.54, 1.807) is 6.07 Å². The molecule has 0 spiro atoms. The van der Waals surface area contributed by atoms with Gasteiger partial charge in [-0.2, -0.15) is 0 Å². The second kappa shape index (κ2) is 8.20. The molecule has 3 aromatic rings. The number of benzene rings is 1. The number of aliphatic hydroxyl groups excluding tert-OH is 2. The molecule has 3 rings (SSSR count). The highest BCUT2D eigenvalue weighted by Crippen LogP contribution is 2.32. The second-order valence-corrected chi connectivity index (χ2v) is 6.04. The van der Waals surface area contributed by atoms with Gasteiger partial charge in [-0.1, -0.05) is 13.3 Å². The number of fused-ring (bicyclic) bond motifs is 3. The maximum atomic E-state index is 9.51. The summed E-state index contributed by atoms with van der Waals surface area (Å²) in [6.45, 7) is 3.50. The van der Waals surface area contributed by atoms with E-state index in [0.29, 0.717) is 35.1 Å². The van der Waals surface area contributed by atoms with Crippen molar-refractivity contribution in [2.45, 2.75) is 26.3 Å². The maximum Gasteiger partial charge on any atom is 0.204 e. The molecule has 0 radical (unpaired) electrons. The van der Waals surface area contributed by atoms with Crippen molar-refractivity contribution in [2.24, 2.45) is 0 Å². The van der Waals surface area contributed by atoms with Gasteiger partial charge in [0.25, 0.3) is 0 Å². The third-order valence-corrected chi connectivity index (χ3v) is 4.17. The summed E-state index contributed by atoms with van der Waals surface area (Å²) >= 11 is 0. The molecule has 140 valence electrons. The number of rotatable bonds is 9. The van der Waals surface area contributed by atoms with Gasteiger partial charge in [0.15, 0.2) is 5.82 Å². The number of anilines is 2. The molecule has 2 heterocycles. The SMILES string of the molecule is CCCCNc1nc2c(N)nc3cc(OCCO)ccc3c2n1CCO. The van der Waals surface area contributed by atoms with Gasteiger partial charge in [-0.05, 0) is 18.6 Å². The van der Waals surface area contributed by atoms with Crippen LogP contribution in [0.1, 0.15) is 19.8 Å². The number of nitrogen functional groups attached to an aromatic ring is 1. The predicted octanol–water partition coefficient (Wildman–Crippen LogP) is 1.74. The minimum atomic E-state index is -0.0529. The molecule has 0 aliphatic carbocycles. The van der Waals surface area contributed by atoms with Gasteiger partial charge in [0.05, 0.1) is 24.2 Å². The molecular formula is C18H25N5O3. The Bertz CT molecular complexity index is 894. The summed E-state index contributed by atoms with van der Waals surface area (Å²) in [5.74, 6) is 1.64. The number of hydrogen-bond donors (Lipinski definition) is 4. The van der Waals surface area contributed by atoms with Crippen LogP contribution in [-0.4, -0.2) is 51.1 Å². The Morgan fingerprint density at radius 3 is 2.81 bits per heavy atom. The topological polar surface area (TPSA) is 118 Å². The van der Waals surface area contributed by atoms with E-state index in [4.69, 9.17) is 15.6 Å². The number of nitrogens with zero attached hydrogens (tertiary/aromatic N) is 3. The lowest BCUT2D eigenvalue weighted by Gasteiger charge is -2.11. The van der Waals surface area contributed by atoms with Gasteiger partial charge < -0.3 is 30.6 Å². The monoisotopic (exact) mass is 359 g/mol. The molecule has 0 amide bonds. The molecule has 2 aromatic heterocycles. The van der Waals surface area contributed by atoms with Crippen molar-refractivity contribution in [3.05, 3.63) is 18.2 Å². The minimum Gasteiger partial charge on any atom is -0.491 e. The van der Waals surface area contributed by atoms with Crippen LogP contribution in [0, 0.1) is 0 Å². The normalized spacial score (nSPS) is 11.3. The Morgan fingerprint density at radius 1 is 1.23 bits per heavy atom. The molecule has 0 bridgehead atoms. The summed E-state index contributed by atoms with van der Waals surface area (Å²) in [6, 6.07) is 5.53. The van der Waals surface area contributed by atoms with Crippen LogP contribution >= 0.6 is 0 Å². The Morgan fingerprint density at radius 2 is 2.08 bits per heavy atom. The van der Waals surface area contributed by atoms with Crippen LogP contribution in [0.5, 0.6) is 5.75 Å². The van der Waals surface area contributed by atoms with Crippen molar-refractivity contribution in [3.8, 4) is 5.75 Å². The molecule has 26 heavy (non-hydrogen) atoms. The number of aliphatic hydroxyl groups is 2. The molecule has 5 N–H and O–H groups in total. The number of nitrogens with one attached hydrogen (secondary N) is 1. The van der Waals surface area contributed by atoms with Crippen molar-refractivity contribution in [1.82, 2.24) is 14.5 Å². The molecule has 0 atom stereocenters. The lowest BCUT2D eigenvalue weighted by Crippen LogP contribution is -2.10. The zero-order valence-corrected chi connectivity index (χ0v) is 14.9.